The number of nitrogens with two attached hydrogens (primary N) is 1. The van der Waals surface area contributed by atoms with Crippen LogP contribution in [0.25, 0.3) is 0 Å². The molecule has 0 aromatic heterocycles. The molecule has 1 saturated carbocycles. The first-order valence-corrected chi connectivity index (χ1v) is 4.07. The molecule has 0 saturated heterocycles. The zero-order chi connectivity index (χ0) is 8.27. The average Bonchev–Trinajstić information content (AvgIpc) is 2.03. The van der Waals surface area contributed by atoms with Crippen LogP contribution in [-0.4, -0.2) is 19.1 Å². The summed E-state index contributed by atoms with van der Waals surface area (Å²) in [5.74, 6) is -0.0381. The van der Waals surface area contributed by atoms with Crippen molar-refractivity contribution < 1.29 is 9.53 Å². The molecule has 0 heterocycles. The van der Waals surface area contributed by atoms with Gasteiger partial charge in [-0.25, -0.2) is 0 Å². The fraction of sp³-hybridized carbons (Fsp3) is 0.875. The summed E-state index contributed by atoms with van der Waals surface area (Å²) in [6.07, 6.45) is 3.85. The van der Waals surface area contributed by atoms with Crippen molar-refractivity contribution in [1.82, 2.24) is 0 Å². The highest BCUT2D eigenvalue weighted by atomic mass is 35.5. The monoisotopic (exact) mass is 193 g/mol. The van der Waals surface area contributed by atoms with Crippen LogP contribution >= 0.6 is 12.4 Å². The van der Waals surface area contributed by atoms with Crippen LogP contribution in [0.2, 0.25) is 0 Å². The lowest BCUT2D eigenvalue weighted by Crippen LogP contribution is -2.32. The number of carbonyl (C=O) groups excluding carboxylic acids is 1. The Kier molecular flexibility index (Phi) is 5.25. The van der Waals surface area contributed by atoms with Crippen LogP contribution in [0, 0.1) is 5.92 Å². The maximum Gasteiger partial charge on any atom is 0.308 e. The number of methoxy groups -OCH3 is 1. The zero-order valence-corrected chi connectivity index (χ0v) is 8.10. The van der Waals surface area contributed by atoms with E-state index in [1.54, 1.807) is 0 Å². The minimum atomic E-state index is -0.0971. The fourth-order valence-corrected chi connectivity index (χ4v) is 1.61. The Morgan fingerprint density at radius 2 is 2.17 bits per heavy atom. The molecule has 1 fully saturated rings. The molecule has 0 aromatic carbocycles. The third kappa shape index (κ3) is 2.99. The highest BCUT2D eigenvalue weighted by Crippen LogP contribution is 2.23. The van der Waals surface area contributed by atoms with Gasteiger partial charge in [0.15, 0.2) is 0 Å². The van der Waals surface area contributed by atoms with Crippen LogP contribution in [0.3, 0.4) is 0 Å². The van der Waals surface area contributed by atoms with E-state index in [0.717, 1.165) is 25.7 Å². The molecular formula is C8H16ClNO2. The summed E-state index contributed by atoms with van der Waals surface area (Å²) in [5, 5.41) is 0. The number of halogens is 1. The molecular weight excluding hydrogens is 178 g/mol. The molecule has 3 nitrogen and oxygen atoms in total. The summed E-state index contributed by atoms with van der Waals surface area (Å²) in [6.45, 7) is 0. The van der Waals surface area contributed by atoms with Gasteiger partial charge in [-0.2, -0.15) is 0 Å². The summed E-state index contributed by atoms with van der Waals surface area (Å²) in [6, 6.07) is 0.202. The Balaban J connectivity index is 0.00000121. The van der Waals surface area contributed by atoms with Crippen LogP contribution < -0.4 is 5.73 Å². The highest BCUT2D eigenvalue weighted by molar-refractivity contribution is 5.85. The maximum absolute atomic E-state index is 11.0. The molecule has 0 aromatic rings. The minimum Gasteiger partial charge on any atom is -0.469 e. The summed E-state index contributed by atoms with van der Waals surface area (Å²) in [4.78, 5) is 11.0. The van der Waals surface area contributed by atoms with Crippen LogP contribution in [0.5, 0.6) is 0 Å². The Morgan fingerprint density at radius 1 is 1.50 bits per heavy atom. The predicted octanol–water partition coefficient (Wildman–Crippen LogP) is 1.10. The van der Waals surface area contributed by atoms with Gasteiger partial charge in [0.1, 0.15) is 0 Å². The molecule has 0 amide bonds. The Bertz CT molecular complexity index is 152. The molecule has 2 N–H and O–H groups in total. The van der Waals surface area contributed by atoms with Crippen molar-refractivity contribution in [3.8, 4) is 0 Å². The summed E-state index contributed by atoms with van der Waals surface area (Å²) in [7, 11) is 1.43. The van der Waals surface area contributed by atoms with Gasteiger partial charge in [-0.05, 0) is 19.3 Å². The SMILES string of the molecule is COC(=O)[C@H]1CCC[C@H](N)C1.Cl. The van der Waals surface area contributed by atoms with E-state index in [2.05, 4.69) is 4.74 Å². The van der Waals surface area contributed by atoms with Crippen molar-refractivity contribution in [3.05, 3.63) is 0 Å². The van der Waals surface area contributed by atoms with Crippen LogP contribution in [0.4, 0.5) is 0 Å². The standard InChI is InChI=1S/C8H15NO2.ClH/c1-11-8(10)6-3-2-4-7(9)5-6;/h6-7H,2-5,9H2,1H3;1H/t6-,7-;/m0./s1. The molecule has 0 aliphatic heterocycles. The lowest BCUT2D eigenvalue weighted by atomic mass is 9.86. The number of rotatable bonds is 1. The second kappa shape index (κ2) is 5.38. The van der Waals surface area contributed by atoms with Crippen molar-refractivity contribution in [2.24, 2.45) is 11.7 Å². The first-order valence-electron chi connectivity index (χ1n) is 4.07. The second-order valence-electron chi connectivity index (χ2n) is 3.15. The van der Waals surface area contributed by atoms with Crippen molar-refractivity contribution in [3.63, 3.8) is 0 Å². The lowest BCUT2D eigenvalue weighted by Gasteiger charge is -2.24. The molecule has 1 aliphatic rings. The highest BCUT2D eigenvalue weighted by Gasteiger charge is 2.25. The maximum atomic E-state index is 11.0. The molecule has 1 aliphatic carbocycles. The third-order valence-electron chi connectivity index (χ3n) is 2.25. The Hall–Kier alpha value is -0.280. The molecule has 0 unspecified atom stereocenters. The largest absolute Gasteiger partial charge is 0.469 e. The van der Waals surface area contributed by atoms with E-state index < -0.39 is 0 Å². The van der Waals surface area contributed by atoms with Crippen molar-refractivity contribution in [2.45, 2.75) is 31.7 Å². The predicted molar refractivity (Wildman–Crippen MR) is 49.2 cm³/mol. The number of esters is 1. The topological polar surface area (TPSA) is 52.3 Å². The van der Waals surface area contributed by atoms with Gasteiger partial charge in [0.25, 0.3) is 0 Å². The van der Waals surface area contributed by atoms with Crippen LogP contribution in [-0.2, 0) is 9.53 Å². The molecule has 72 valence electrons. The fourth-order valence-electron chi connectivity index (χ4n) is 1.61. The Morgan fingerprint density at radius 3 is 2.67 bits per heavy atom. The second-order valence-corrected chi connectivity index (χ2v) is 3.15. The van der Waals surface area contributed by atoms with Gasteiger partial charge < -0.3 is 10.5 Å². The van der Waals surface area contributed by atoms with E-state index in [1.165, 1.54) is 7.11 Å². The average molecular weight is 194 g/mol. The molecule has 1 rings (SSSR count). The number of carbonyl (C=O) groups is 1. The van der Waals surface area contributed by atoms with Crippen molar-refractivity contribution in [2.75, 3.05) is 7.11 Å². The molecule has 12 heavy (non-hydrogen) atoms. The van der Waals surface area contributed by atoms with Gasteiger partial charge >= 0.3 is 5.97 Å². The van der Waals surface area contributed by atoms with E-state index in [-0.39, 0.29) is 30.3 Å². The molecule has 0 radical (unpaired) electrons. The smallest absolute Gasteiger partial charge is 0.308 e. The molecule has 0 spiro atoms. The van der Waals surface area contributed by atoms with E-state index in [9.17, 15) is 4.79 Å². The Labute approximate surface area is 79.1 Å². The van der Waals surface area contributed by atoms with E-state index in [1.807, 2.05) is 0 Å². The number of ether oxygens (including phenoxy) is 1. The summed E-state index contributed by atoms with van der Waals surface area (Å²) < 4.78 is 4.64. The number of hydrogen-bond acceptors (Lipinski definition) is 3. The third-order valence-corrected chi connectivity index (χ3v) is 2.25. The van der Waals surface area contributed by atoms with Crippen molar-refractivity contribution >= 4 is 18.4 Å². The van der Waals surface area contributed by atoms with Gasteiger partial charge in [0, 0.05) is 6.04 Å². The van der Waals surface area contributed by atoms with Crippen LogP contribution in [0.15, 0.2) is 0 Å². The number of hydrogen-bond donors (Lipinski definition) is 1. The van der Waals surface area contributed by atoms with Gasteiger partial charge in [-0.15, -0.1) is 12.4 Å². The van der Waals surface area contributed by atoms with Crippen LogP contribution in [0.1, 0.15) is 25.7 Å². The zero-order valence-electron chi connectivity index (χ0n) is 7.29. The van der Waals surface area contributed by atoms with Crippen molar-refractivity contribution in [1.29, 1.82) is 0 Å². The normalized spacial score (nSPS) is 28.8. The first-order chi connectivity index (χ1) is 5.24. The first kappa shape index (κ1) is 11.7. The van der Waals surface area contributed by atoms with E-state index in [0.29, 0.717) is 0 Å². The van der Waals surface area contributed by atoms with E-state index in [4.69, 9.17) is 5.73 Å². The summed E-state index contributed by atoms with van der Waals surface area (Å²) in [5.41, 5.74) is 5.71. The van der Waals surface area contributed by atoms with E-state index >= 15 is 0 Å². The van der Waals surface area contributed by atoms with Gasteiger partial charge in [0.05, 0.1) is 13.0 Å². The minimum absolute atomic E-state index is 0. The lowest BCUT2D eigenvalue weighted by molar-refractivity contribution is -0.146. The molecule has 4 heteroatoms. The quantitative estimate of drug-likeness (QED) is 0.635. The summed E-state index contributed by atoms with van der Waals surface area (Å²) >= 11 is 0. The van der Waals surface area contributed by atoms with Gasteiger partial charge in [-0.1, -0.05) is 6.42 Å². The molecule has 2 atom stereocenters. The van der Waals surface area contributed by atoms with Gasteiger partial charge in [0.2, 0.25) is 0 Å². The molecule has 0 bridgehead atoms. The van der Waals surface area contributed by atoms with Gasteiger partial charge in [-0.3, -0.25) is 4.79 Å².